The Labute approximate surface area is 166 Å². The van der Waals surface area contributed by atoms with Gasteiger partial charge in [-0.25, -0.2) is 16.8 Å². The number of anilines is 2. The highest BCUT2D eigenvalue weighted by molar-refractivity contribution is 7.93. The van der Waals surface area contributed by atoms with Crippen molar-refractivity contribution in [3.8, 4) is 0 Å². The van der Waals surface area contributed by atoms with E-state index >= 15 is 0 Å². The van der Waals surface area contributed by atoms with Crippen LogP contribution in [0.15, 0.2) is 23.1 Å². The van der Waals surface area contributed by atoms with Crippen LogP contribution in [0.5, 0.6) is 0 Å². The summed E-state index contributed by atoms with van der Waals surface area (Å²) in [7, 11) is -7.34. The first-order valence-corrected chi connectivity index (χ1v) is 11.9. The van der Waals surface area contributed by atoms with Crippen LogP contribution in [0.1, 0.15) is 27.8 Å². The standard InChI is InChI=1S/C18H23ClN2O4S2/c1-10-11(2)13(4)18(14(5)12(10)3)27(24,25)20-15-7-8-17(16(19)9-15)21-26(6,22)23/h7-9,20-21H,1-6H3. The molecule has 6 nitrogen and oxygen atoms in total. The Kier molecular flexibility index (Phi) is 5.85. The zero-order valence-corrected chi connectivity index (χ0v) is 18.4. The van der Waals surface area contributed by atoms with Crippen LogP contribution >= 0.6 is 11.6 Å². The molecule has 2 N–H and O–H groups in total. The minimum Gasteiger partial charge on any atom is -0.282 e. The molecule has 2 aromatic rings. The molecular formula is C18H23ClN2O4S2. The van der Waals surface area contributed by atoms with E-state index in [1.807, 2.05) is 20.8 Å². The molecule has 0 amide bonds. The Hall–Kier alpha value is -1.77. The van der Waals surface area contributed by atoms with Crippen LogP contribution in [-0.2, 0) is 20.0 Å². The third-order valence-electron chi connectivity index (χ3n) is 4.72. The molecule has 0 atom stereocenters. The normalized spacial score (nSPS) is 12.1. The lowest BCUT2D eigenvalue weighted by molar-refractivity contribution is 0.599. The summed E-state index contributed by atoms with van der Waals surface area (Å²) in [6, 6.07) is 4.23. The van der Waals surface area contributed by atoms with Crippen LogP contribution in [0.3, 0.4) is 0 Å². The van der Waals surface area contributed by atoms with E-state index in [4.69, 9.17) is 11.6 Å². The second-order valence-electron chi connectivity index (χ2n) is 6.63. The van der Waals surface area contributed by atoms with Gasteiger partial charge in [-0.2, -0.15) is 0 Å². The van der Waals surface area contributed by atoms with Gasteiger partial charge in [-0.15, -0.1) is 0 Å². The number of halogens is 1. The van der Waals surface area contributed by atoms with Gasteiger partial charge in [-0.1, -0.05) is 11.6 Å². The molecule has 0 radical (unpaired) electrons. The van der Waals surface area contributed by atoms with Crippen LogP contribution in [-0.4, -0.2) is 23.1 Å². The summed E-state index contributed by atoms with van der Waals surface area (Å²) in [5, 5.41) is 0.0883. The Morgan fingerprint density at radius 2 is 1.26 bits per heavy atom. The first-order chi connectivity index (χ1) is 12.2. The number of rotatable bonds is 5. The van der Waals surface area contributed by atoms with Crippen LogP contribution < -0.4 is 9.44 Å². The molecule has 0 aromatic heterocycles. The maximum atomic E-state index is 13.0. The van der Waals surface area contributed by atoms with Gasteiger partial charge in [0.2, 0.25) is 10.0 Å². The second kappa shape index (κ2) is 7.33. The Morgan fingerprint density at radius 1 is 0.778 bits per heavy atom. The highest BCUT2D eigenvalue weighted by atomic mass is 35.5. The van der Waals surface area contributed by atoms with Crippen molar-refractivity contribution in [3.05, 3.63) is 51.0 Å². The summed E-state index contributed by atoms with van der Waals surface area (Å²) < 4.78 is 53.5. The average Bonchev–Trinajstić information content (AvgIpc) is 2.52. The summed E-state index contributed by atoms with van der Waals surface area (Å²) in [6.45, 7) is 9.35. The van der Waals surface area contributed by atoms with Crippen LogP contribution in [0.2, 0.25) is 5.02 Å². The molecular weight excluding hydrogens is 408 g/mol. The van der Waals surface area contributed by atoms with Gasteiger partial charge in [0.05, 0.1) is 27.5 Å². The molecule has 0 heterocycles. The van der Waals surface area contributed by atoms with E-state index in [0.29, 0.717) is 11.1 Å². The van der Waals surface area contributed by atoms with Crippen molar-refractivity contribution < 1.29 is 16.8 Å². The van der Waals surface area contributed by atoms with Crippen molar-refractivity contribution in [2.45, 2.75) is 39.5 Å². The van der Waals surface area contributed by atoms with Gasteiger partial charge in [0.1, 0.15) is 0 Å². The summed E-state index contributed by atoms with van der Waals surface area (Å²) in [5.41, 5.74) is 4.76. The van der Waals surface area contributed by atoms with E-state index in [0.717, 1.165) is 22.9 Å². The van der Waals surface area contributed by atoms with E-state index in [9.17, 15) is 16.8 Å². The number of nitrogens with one attached hydrogen (secondary N) is 2. The van der Waals surface area contributed by atoms with E-state index < -0.39 is 20.0 Å². The van der Waals surface area contributed by atoms with E-state index in [1.54, 1.807) is 13.8 Å². The number of benzene rings is 2. The minimum atomic E-state index is -3.85. The van der Waals surface area contributed by atoms with E-state index in [2.05, 4.69) is 9.44 Å². The minimum absolute atomic E-state index is 0.0883. The monoisotopic (exact) mass is 430 g/mol. The first-order valence-electron chi connectivity index (χ1n) is 8.11. The highest BCUT2D eigenvalue weighted by Crippen LogP contribution is 2.32. The molecule has 27 heavy (non-hydrogen) atoms. The Morgan fingerprint density at radius 3 is 1.70 bits per heavy atom. The van der Waals surface area contributed by atoms with Crippen molar-refractivity contribution in [2.24, 2.45) is 0 Å². The smallest absolute Gasteiger partial charge is 0.262 e. The second-order valence-corrected chi connectivity index (χ2v) is 10.4. The quantitative estimate of drug-likeness (QED) is 0.748. The fraction of sp³-hybridized carbons (Fsp3) is 0.333. The average molecular weight is 431 g/mol. The Bertz CT molecular complexity index is 1100. The first kappa shape index (κ1) is 21.5. The molecule has 0 spiro atoms. The predicted molar refractivity (Wildman–Crippen MR) is 111 cm³/mol. The van der Waals surface area contributed by atoms with Gasteiger partial charge in [-0.05, 0) is 80.6 Å². The molecule has 148 valence electrons. The van der Waals surface area contributed by atoms with Crippen molar-refractivity contribution in [1.29, 1.82) is 0 Å². The van der Waals surface area contributed by atoms with Gasteiger partial charge < -0.3 is 0 Å². The van der Waals surface area contributed by atoms with Crippen LogP contribution in [0.25, 0.3) is 0 Å². The van der Waals surface area contributed by atoms with Gasteiger partial charge in [0, 0.05) is 0 Å². The lowest BCUT2D eigenvalue weighted by atomic mass is 9.95. The molecule has 0 fully saturated rings. The zero-order valence-electron chi connectivity index (χ0n) is 16.1. The van der Waals surface area contributed by atoms with Crippen LogP contribution in [0, 0.1) is 34.6 Å². The largest absolute Gasteiger partial charge is 0.282 e. The molecule has 0 aliphatic carbocycles. The molecule has 2 rings (SSSR count). The number of hydrogen-bond acceptors (Lipinski definition) is 4. The third-order valence-corrected chi connectivity index (χ3v) is 7.27. The van der Waals surface area contributed by atoms with Crippen molar-refractivity contribution in [1.82, 2.24) is 0 Å². The van der Waals surface area contributed by atoms with Gasteiger partial charge in [-0.3, -0.25) is 9.44 Å². The maximum Gasteiger partial charge on any atom is 0.262 e. The molecule has 0 saturated heterocycles. The van der Waals surface area contributed by atoms with Gasteiger partial charge >= 0.3 is 0 Å². The van der Waals surface area contributed by atoms with Crippen molar-refractivity contribution >= 4 is 43.0 Å². The van der Waals surface area contributed by atoms with Gasteiger partial charge in [0.25, 0.3) is 10.0 Å². The fourth-order valence-corrected chi connectivity index (χ4v) is 5.45. The summed E-state index contributed by atoms with van der Waals surface area (Å²) in [6.07, 6.45) is 1.01. The SMILES string of the molecule is Cc1c(C)c(C)c(S(=O)(=O)Nc2ccc(NS(C)(=O)=O)c(Cl)c2)c(C)c1C. The molecule has 0 aliphatic rings. The lowest BCUT2D eigenvalue weighted by Gasteiger charge is -2.19. The van der Waals surface area contributed by atoms with Gasteiger partial charge in [0.15, 0.2) is 0 Å². The van der Waals surface area contributed by atoms with Crippen LogP contribution in [0.4, 0.5) is 11.4 Å². The van der Waals surface area contributed by atoms with E-state index in [-0.39, 0.29) is 21.3 Å². The molecule has 0 saturated carbocycles. The highest BCUT2D eigenvalue weighted by Gasteiger charge is 2.24. The van der Waals surface area contributed by atoms with E-state index in [1.165, 1.54) is 18.2 Å². The topological polar surface area (TPSA) is 92.3 Å². The maximum absolute atomic E-state index is 13.0. The molecule has 0 aliphatic heterocycles. The number of hydrogen-bond donors (Lipinski definition) is 2. The summed E-state index contributed by atoms with van der Waals surface area (Å²) in [5.74, 6) is 0. The van der Waals surface area contributed by atoms with Crippen molar-refractivity contribution in [3.63, 3.8) is 0 Å². The molecule has 2 aromatic carbocycles. The molecule has 0 bridgehead atoms. The van der Waals surface area contributed by atoms with Crippen molar-refractivity contribution in [2.75, 3.05) is 15.7 Å². The predicted octanol–water partition coefficient (Wildman–Crippen LogP) is 4.05. The lowest BCUT2D eigenvalue weighted by Crippen LogP contribution is -2.18. The Balaban J connectivity index is 2.48. The summed E-state index contributed by atoms with van der Waals surface area (Å²) >= 11 is 6.08. The zero-order chi connectivity index (χ0) is 20.7. The third kappa shape index (κ3) is 4.56. The summed E-state index contributed by atoms with van der Waals surface area (Å²) in [4.78, 5) is 0.248. The molecule has 0 unspecified atom stereocenters. The number of sulfonamides is 2. The molecule has 9 heteroatoms. The fourth-order valence-electron chi connectivity index (χ4n) is 2.94.